The minimum atomic E-state index is -1.67. The zero-order valence-electron chi connectivity index (χ0n) is 25.1. The van der Waals surface area contributed by atoms with E-state index >= 15 is 0 Å². The number of hydrogen-bond donors (Lipinski definition) is 3. The first kappa shape index (κ1) is 32.0. The number of amides is 3. The lowest BCUT2D eigenvalue weighted by Gasteiger charge is -2.22. The number of hydrogen-bond acceptors (Lipinski definition) is 6. The highest BCUT2D eigenvalue weighted by Crippen LogP contribution is 2.28. The molecule has 0 radical (unpaired) electrons. The predicted molar refractivity (Wildman–Crippen MR) is 165 cm³/mol. The number of urea groups is 1. The first-order chi connectivity index (χ1) is 20.5. The smallest absolute Gasteiger partial charge is 0.418 e. The zero-order valence-corrected chi connectivity index (χ0v) is 25.9. The molecule has 1 atom stereocenters. The Bertz CT molecular complexity index is 1410. The third-order valence-corrected chi connectivity index (χ3v) is 8.11. The lowest BCUT2D eigenvalue weighted by Crippen LogP contribution is -2.45. The number of methoxy groups -OCH3 is 1. The molecular weight excluding hydrogens is 568 g/mol. The summed E-state index contributed by atoms with van der Waals surface area (Å²) >= 11 is -1.67. The Morgan fingerprint density at radius 2 is 1.74 bits per heavy atom. The summed E-state index contributed by atoms with van der Waals surface area (Å²) in [6, 6.07) is 15.5. The van der Waals surface area contributed by atoms with Gasteiger partial charge >= 0.3 is 12.1 Å². The SMILES string of the molecule is COc1ccc(-c2cccn2C(=O)OC(C)(C)C)cc1C(=O)NCCc1ccc([S+]([O-])NC(=O)NC2CCCCC2)cc1. The maximum atomic E-state index is 13.2. The fourth-order valence-corrected chi connectivity index (χ4v) is 5.66. The molecule has 0 saturated heterocycles. The molecule has 1 saturated carbocycles. The van der Waals surface area contributed by atoms with Crippen LogP contribution < -0.4 is 20.1 Å². The van der Waals surface area contributed by atoms with Gasteiger partial charge in [-0.3, -0.25) is 9.36 Å². The van der Waals surface area contributed by atoms with Gasteiger partial charge in [-0.15, -0.1) is 4.72 Å². The topological polar surface area (TPSA) is 134 Å². The van der Waals surface area contributed by atoms with Crippen LogP contribution in [0.2, 0.25) is 0 Å². The molecule has 2 aromatic carbocycles. The summed E-state index contributed by atoms with van der Waals surface area (Å²) in [6.07, 6.45) is 6.94. The van der Waals surface area contributed by atoms with Crippen molar-refractivity contribution in [3.05, 3.63) is 71.9 Å². The Kier molecular flexibility index (Phi) is 10.8. The first-order valence-electron chi connectivity index (χ1n) is 14.5. The highest BCUT2D eigenvalue weighted by atomic mass is 32.2. The van der Waals surface area contributed by atoms with E-state index in [0.717, 1.165) is 31.2 Å². The fraction of sp³-hybridized carbons (Fsp3) is 0.406. The van der Waals surface area contributed by atoms with Crippen molar-refractivity contribution < 1.29 is 28.4 Å². The molecule has 3 N–H and O–H groups in total. The van der Waals surface area contributed by atoms with Crippen molar-refractivity contribution in [1.29, 1.82) is 0 Å². The lowest BCUT2D eigenvalue weighted by atomic mass is 9.96. The molecule has 10 nitrogen and oxygen atoms in total. The molecule has 1 heterocycles. The van der Waals surface area contributed by atoms with Crippen LogP contribution in [0, 0.1) is 0 Å². The van der Waals surface area contributed by atoms with Gasteiger partial charge in [-0.05, 0) is 93.6 Å². The van der Waals surface area contributed by atoms with Gasteiger partial charge in [-0.25, -0.2) is 9.59 Å². The van der Waals surface area contributed by atoms with Crippen LogP contribution in [0.4, 0.5) is 9.59 Å². The van der Waals surface area contributed by atoms with E-state index in [1.165, 1.54) is 18.1 Å². The van der Waals surface area contributed by atoms with E-state index in [1.54, 1.807) is 69.4 Å². The van der Waals surface area contributed by atoms with Crippen molar-refractivity contribution in [3.63, 3.8) is 0 Å². The molecule has 1 unspecified atom stereocenters. The fourth-order valence-electron chi connectivity index (χ4n) is 4.93. The van der Waals surface area contributed by atoms with Gasteiger partial charge in [0.05, 0.1) is 18.4 Å². The molecule has 0 spiro atoms. The lowest BCUT2D eigenvalue weighted by molar-refractivity contribution is 0.0540. The van der Waals surface area contributed by atoms with Gasteiger partial charge in [0.1, 0.15) is 22.7 Å². The normalized spacial score (nSPS) is 14.4. The molecule has 3 amide bonds. The standard InChI is InChI=1S/C32H40N4O6S/c1-32(2,3)42-31(39)36-20-8-11-27(36)23-14-17-28(41-4)26(21-23)29(37)33-19-18-22-12-15-25(16-13-22)43(40)35-30(38)34-24-9-6-5-7-10-24/h8,11-17,20-21,24H,5-7,9-10,18-19H2,1-4H3,(H,33,37)(H2,34,35,38). The van der Waals surface area contributed by atoms with E-state index in [9.17, 15) is 18.9 Å². The average molecular weight is 609 g/mol. The minimum Gasteiger partial charge on any atom is -0.588 e. The predicted octanol–water partition coefficient (Wildman–Crippen LogP) is 5.57. The van der Waals surface area contributed by atoms with Gasteiger partial charge in [0.15, 0.2) is 4.90 Å². The number of nitrogens with zero attached hydrogens (tertiary/aromatic N) is 1. The summed E-state index contributed by atoms with van der Waals surface area (Å²) in [6.45, 7) is 5.76. The summed E-state index contributed by atoms with van der Waals surface area (Å²) < 4.78 is 27.5. The number of carbonyl (C=O) groups excluding carboxylic acids is 3. The highest BCUT2D eigenvalue weighted by Gasteiger charge is 2.22. The number of benzene rings is 2. The second kappa shape index (κ2) is 14.5. The summed E-state index contributed by atoms with van der Waals surface area (Å²) in [5.74, 6) is 0.0865. The number of aromatic nitrogens is 1. The van der Waals surface area contributed by atoms with Crippen LogP contribution in [-0.2, 0) is 22.5 Å². The van der Waals surface area contributed by atoms with Crippen molar-refractivity contribution in [3.8, 4) is 17.0 Å². The molecule has 1 aromatic heterocycles. The number of rotatable bonds is 9. The van der Waals surface area contributed by atoms with Crippen molar-refractivity contribution in [2.75, 3.05) is 13.7 Å². The van der Waals surface area contributed by atoms with E-state index in [1.807, 2.05) is 12.1 Å². The third-order valence-electron chi connectivity index (χ3n) is 7.04. The van der Waals surface area contributed by atoms with Crippen LogP contribution in [0.1, 0.15) is 68.8 Å². The Labute approximate surface area is 255 Å². The van der Waals surface area contributed by atoms with E-state index in [-0.39, 0.29) is 11.9 Å². The molecule has 4 rings (SSSR count). The number of carbonyl (C=O) groups is 3. The molecular formula is C32H40N4O6S. The summed E-state index contributed by atoms with van der Waals surface area (Å²) in [5.41, 5.74) is 1.86. The maximum absolute atomic E-state index is 13.2. The van der Waals surface area contributed by atoms with Crippen LogP contribution in [-0.4, -0.2) is 52.4 Å². The maximum Gasteiger partial charge on any atom is 0.418 e. The van der Waals surface area contributed by atoms with Crippen LogP contribution in [0.5, 0.6) is 5.75 Å². The van der Waals surface area contributed by atoms with Gasteiger partial charge in [-0.1, -0.05) is 31.4 Å². The monoisotopic (exact) mass is 608 g/mol. The van der Waals surface area contributed by atoms with E-state index in [4.69, 9.17) is 9.47 Å². The second-order valence-electron chi connectivity index (χ2n) is 11.5. The molecule has 0 aliphatic heterocycles. The Hall–Kier alpha value is -3.96. The van der Waals surface area contributed by atoms with Gasteiger partial charge in [0, 0.05) is 18.8 Å². The van der Waals surface area contributed by atoms with Gasteiger partial charge in [0.2, 0.25) is 0 Å². The van der Waals surface area contributed by atoms with Crippen LogP contribution in [0.25, 0.3) is 11.3 Å². The molecule has 1 fully saturated rings. The minimum absolute atomic E-state index is 0.134. The molecule has 0 bridgehead atoms. The van der Waals surface area contributed by atoms with Crippen LogP contribution in [0.3, 0.4) is 0 Å². The first-order valence-corrected chi connectivity index (χ1v) is 15.6. The highest BCUT2D eigenvalue weighted by molar-refractivity contribution is 7.90. The number of nitrogens with one attached hydrogen (secondary N) is 3. The quantitative estimate of drug-likeness (QED) is 0.272. The second-order valence-corrected chi connectivity index (χ2v) is 12.7. The summed E-state index contributed by atoms with van der Waals surface area (Å²) in [4.78, 5) is 38.6. The van der Waals surface area contributed by atoms with Crippen LogP contribution in [0.15, 0.2) is 65.7 Å². The zero-order chi connectivity index (χ0) is 31.0. The van der Waals surface area contributed by atoms with Crippen molar-refractivity contribution in [2.45, 2.75) is 75.8 Å². The van der Waals surface area contributed by atoms with Crippen molar-refractivity contribution >= 4 is 29.4 Å². The molecule has 1 aliphatic carbocycles. The van der Waals surface area contributed by atoms with E-state index < -0.39 is 29.1 Å². The molecule has 1 aliphatic rings. The van der Waals surface area contributed by atoms with Crippen molar-refractivity contribution in [1.82, 2.24) is 19.9 Å². The largest absolute Gasteiger partial charge is 0.588 e. The van der Waals surface area contributed by atoms with Crippen LogP contribution >= 0.6 is 0 Å². The Balaban J connectivity index is 1.33. The van der Waals surface area contributed by atoms with Gasteiger partial charge in [0.25, 0.3) is 5.91 Å². The molecule has 3 aromatic rings. The Morgan fingerprint density at radius 3 is 2.42 bits per heavy atom. The van der Waals surface area contributed by atoms with Gasteiger partial charge in [-0.2, -0.15) is 0 Å². The van der Waals surface area contributed by atoms with Crippen molar-refractivity contribution in [2.24, 2.45) is 0 Å². The number of ether oxygens (including phenoxy) is 2. The van der Waals surface area contributed by atoms with E-state index in [0.29, 0.717) is 40.4 Å². The average Bonchev–Trinajstić information content (AvgIpc) is 3.47. The third kappa shape index (κ3) is 9.01. The Morgan fingerprint density at radius 1 is 1.02 bits per heavy atom. The summed E-state index contributed by atoms with van der Waals surface area (Å²) in [7, 11) is 1.50. The van der Waals surface area contributed by atoms with E-state index in [2.05, 4.69) is 15.4 Å². The molecule has 43 heavy (non-hydrogen) atoms. The molecule has 230 valence electrons. The van der Waals surface area contributed by atoms with Gasteiger partial charge < -0.3 is 24.7 Å². The summed E-state index contributed by atoms with van der Waals surface area (Å²) in [5, 5.41) is 5.83. The molecule has 11 heteroatoms.